The molecule has 5 nitrogen and oxygen atoms in total. The molecule has 1 fully saturated rings. The van der Waals surface area contributed by atoms with E-state index >= 15 is 0 Å². The number of methoxy groups -OCH3 is 2. The average Bonchev–Trinajstić information content (AvgIpc) is 2.53. The molecule has 1 aliphatic rings. The van der Waals surface area contributed by atoms with Crippen LogP contribution in [-0.4, -0.2) is 46.4 Å². The normalized spacial score (nSPS) is 16.3. The van der Waals surface area contributed by atoms with Crippen LogP contribution in [-0.2, 0) is 4.74 Å². The van der Waals surface area contributed by atoms with Gasteiger partial charge in [0, 0.05) is 24.1 Å². The van der Waals surface area contributed by atoms with Crippen LogP contribution in [0, 0.1) is 5.41 Å². The van der Waals surface area contributed by atoms with E-state index in [0.717, 1.165) is 25.9 Å². The highest BCUT2D eigenvalue weighted by Crippen LogP contribution is 2.29. The molecule has 1 saturated heterocycles. The van der Waals surface area contributed by atoms with Crippen LogP contribution in [0.3, 0.4) is 0 Å². The molecule has 0 aliphatic carbocycles. The lowest BCUT2D eigenvalue weighted by Crippen LogP contribution is -2.47. The van der Waals surface area contributed by atoms with Gasteiger partial charge in [-0.3, -0.25) is 4.79 Å². The predicted molar refractivity (Wildman–Crippen MR) is 94.0 cm³/mol. The molecule has 1 aliphatic heterocycles. The van der Waals surface area contributed by atoms with E-state index in [1.807, 2.05) is 0 Å². The van der Waals surface area contributed by atoms with Gasteiger partial charge in [0.25, 0.3) is 5.91 Å². The number of benzene rings is 1. The number of ether oxygens (including phenoxy) is 2. The Morgan fingerprint density at radius 2 is 2.04 bits per heavy atom. The number of hydrogen-bond donors (Lipinski definition) is 2. The third-order valence-electron chi connectivity index (χ3n) is 4.15. The van der Waals surface area contributed by atoms with Gasteiger partial charge in [0.1, 0.15) is 5.75 Å². The molecule has 0 atom stereocenters. The summed E-state index contributed by atoms with van der Waals surface area (Å²) in [5, 5.41) is 6.90. The van der Waals surface area contributed by atoms with Gasteiger partial charge in [-0.15, -0.1) is 12.4 Å². The Balaban J connectivity index is 0.00000264. The molecular weight excluding hydrogens is 339 g/mol. The van der Waals surface area contributed by atoms with Gasteiger partial charge in [0.2, 0.25) is 0 Å². The van der Waals surface area contributed by atoms with Crippen molar-refractivity contribution >= 4 is 29.9 Å². The standard InChI is InChI=1S/C16H23ClN2O3.ClH/c1-21-11-16(5-7-18-8-6-16)10-19-15(20)13-4-3-12(17)9-14(13)22-2;/h3-4,9,18H,5-8,10-11H2,1-2H3,(H,19,20);1H. The van der Waals surface area contributed by atoms with Crippen LogP contribution in [0.2, 0.25) is 5.02 Å². The molecule has 2 N–H and O–H groups in total. The third kappa shape index (κ3) is 5.24. The Kier molecular flexibility index (Phi) is 8.12. The van der Waals surface area contributed by atoms with Crippen LogP contribution in [0.25, 0.3) is 0 Å². The van der Waals surface area contributed by atoms with Crippen LogP contribution in [0.5, 0.6) is 5.75 Å². The first-order valence-electron chi connectivity index (χ1n) is 7.42. The summed E-state index contributed by atoms with van der Waals surface area (Å²) < 4.78 is 10.6. The van der Waals surface area contributed by atoms with Crippen molar-refractivity contribution in [2.45, 2.75) is 12.8 Å². The van der Waals surface area contributed by atoms with Crippen molar-refractivity contribution in [3.63, 3.8) is 0 Å². The van der Waals surface area contributed by atoms with E-state index in [-0.39, 0.29) is 23.7 Å². The number of piperidine rings is 1. The summed E-state index contributed by atoms with van der Waals surface area (Å²) in [4.78, 5) is 12.4. The number of halogens is 2. The van der Waals surface area contributed by atoms with Crippen molar-refractivity contribution in [3.8, 4) is 5.75 Å². The lowest BCUT2D eigenvalue weighted by Gasteiger charge is -2.37. The zero-order chi connectivity index (χ0) is 16.0. The molecule has 1 amide bonds. The SMILES string of the molecule is COCC1(CNC(=O)c2ccc(Cl)cc2OC)CCNCC1.Cl. The maximum atomic E-state index is 12.4. The smallest absolute Gasteiger partial charge is 0.255 e. The summed E-state index contributed by atoms with van der Waals surface area (Å²) >= 11 is 5.93. The van der Waals surface area contributed by atoms with Crippen LogP contribution in [0.4, 0.5) is 0 Å². The highest BCUT2D eigenvalue weighted by Gasteiger charge is 2.32. The summed E-state index contributed by atoms with van der Waals surface area (Å²) in [6.07, 6.45) is 1.97. The van der Waals surface area contributed by atoms with Crippen molar-refractivity contribution in [2.24, 2.45) is 5.41 Å². The van der Waals surface area contributed by atoms with Gasteiger partial charge in [-0.2, -0.15) is 0 Å². The Hall–Kier alpha value is -1.01. The van der Waals surface area contributed by atoms with Crippen molar-refractivity contribution < 1.29 is 14.3 Å². The van der Waals surface area contributed by atoms with E-state index in [9.17, 15) is 4.79 Å². The summed E-state index contributed by atoms with van der Waals surface area (Å²) in [5.74, 6) is 0.332. The van der Waals surface area contributed by atoms with Crippen molar-refractivity contribution in [1.82, 2.24) is 10.6 Å². The second kappa shape index (κ2) is 9.33. The number of hydrogen-bond acceptors (Lipinski definition) is 4. The fraction of sp³-hybridized carbons (Fsp3) is 0.562. The van der Waals surface area contributed by atoms with Gasteiger partial charge in [0.15, 0.2) is 0 Å². The van der Waals surface area contributed by atoms with Gasteiger partial charge in [-0.05, 0) is 44.1 Å². The molecule has 1 heterocycles. The maximum absolute atomic E-state index is 12.4. The molecular formula is C16H24Cl2N2O3. The van der Waals surface area contributed by atoms with Crippen LogP contribution < -0.4 is 15.4 Å². The average molecular weight is 363 g/mol. The number of rotatable bonds is 6. The maximum Gasteiger partial charge on any atom is 0.255 e. The Labute approximate surface area is 148 Å². The molecule has 23 heavy (non-hydrogen) atoms. The highest BCUT2D eigenvalue weighted by molar-refractivity contribution is 6.30. The van der Waals surface area contributed by atoms with Crippen LogP contribution >= 0.6 is 24.0 Å². The molecule has 7 heteroatoms. The molecule has 0 spiro atoms. The highest BCUT2D eigenvalue weighted by atomic mass is 35.5. The molecule has 0 bridgehead atoms. The molecule has 0 aromatic heterocycles. The summed E-state index contributed by atoms with van der Waals surface area (Å²) in [6.45, 7) is 3.13. The van der Waals surface area contributed by atoms with E-state index in [0.29, 0.717) is 29.5 Å². The Morgan fingerprint density at radius 3 is 2.65 bits per heavy atom. The van der Waals surface area contributed by atoms with E-state index in [1.165, 1.54) is 7.11 Å². The monoisotopic (exact) mass is 362 g/mol. The lowest BCUT2D eigenvalue weighted by atomic mass is 9.79. The number of nitrogens with one attached hydrogen (secondary N) is 2. The van der Waals surface area contributed by atoms with Crippen molar-refractivity contribution in [2.75, 3.05) is 40.5 Å². The van der Waals surface area contributed by atoms with E-state index in [2.05, 4.69) is 10.6 Å². The second-order valence-corrected chi connectivity index (χ2v) is 6.15. The first kappa shape index (κ1) is 20.0. The fourth-order valence-electron chi connectivity index (χ4n) is 2.85. The zero-order valence-corrected chi connectivity index (χ0v) is 15.1. The van der Waals surface area contributed by atoms with Crippen molar-refractivity contribution in [1.29, 1.82) is 0 Å². The molecule has 1 aromatic carbocycles. The molecule has 0 saturated carbocycles. The molecule has 2 rings (SSSR count). The lowest BCUT2D eigenvalue weighted by molar-refractivity contribution is 0.0511. The molecule has 130 valence electrons. The predicted octanol–water partition coefficient (Wildman–Crippen LogP) is 2.52. The van der Waals surface area contributed by atoms with Gasteiger partial charge in [0.05, 0.1) is 19.3 Å². The largest absolute Gasteiger partial charge is 0.496 e. The van der Waals surface area contributed by atoms with Gasteiger partial charge >= 0.3 is 0 Å². The van der Waals surface area contributed by atoms with Crippen molar-refractivity contribution in [3.05, 3.63) is 28.8 Å². The number of amides is 1. The summed E-state index contributed by atoms with van der Waals surface area (Å²) in [5.41, 5.74) is 0.489. The minimum Gasteiger partial charge on any atom is -0.496 e. The third-order valence-corrected chi connectivity index (χ3v) is 4.38. The van der Waals surface area contributed by atoms with Gasteiger partial charge in [-0.25, -0.2) is 0 Å². The molecule has 0 unspecified atom stereocenters. The first-order chi connectivity index (χ1) is 10.6. The fourth-order valence-corrected chi connectivity index (χ4v) is 3.01. The quantitative estimate of drug-likeness (QED) is 0.816. The minimum atomic E-state index is -0.150. The van der Waals surface area contributed by atoms with Crippen LogP contribution in [0.1, 0.15) is 23.2 Å². The topological polar surface area (TPSA) is 59.6 Å². The molecule has 1 aromatic rings. The Bertz CT molecular complexity index is 515. The van der Waals surface area contributed by atoms with E-state index in [4.69, 9.17) is 21.1 Å². The van der Waals surface area contributed by atoms with E-state index in [1.54, 1.807) is 25.3 Å². The summed E-state index contributed by atoms with van der Waals surface area (Å²) in [7, 11) is 3.23. The molecule has 0 radical (unpaired) electrons. The number of carbonyl (C=O) groups is 1. The van der Waals surface area contributed by atoms with Gasteiger partial charge in [-0.1, -0.05) is 11.6 Å². The summed E-state index contributed by atoms with van der Waals surface area (Å²) in [6, 6.07) is 5.02. The Morgan fingerprint density at radius 1 is 1.35 bits per heavy atom. The zero-order valence-electron chi connectivity index (χ0n) is 13.5. The van der Waals surface area contributed by atoms with Gasteiger partial charge < -0.3 is 20.1 Å². The van der Waals surface area contributed by atoms with Crippen LogP contribution in [0.15, 0.2) is 18.2 Å². The van der Waals surface area contributed by atoms with E-state index < -0.39 is 0 Å². The minimum absolute atomic E-state index is 0. The second-order valence-electron chi connectivity index (χ2n) is 5.71. The first-order valence-corrected chi connectivity index (χ1v) is 7.79. The number of carbonyl (C=O) groups excluding carboxylic acids is 1.